The second-order valence-electron chi connectivity index (χ2n) is 2.81. The molecule has 0 bridgehead atoms. The van der Waals surface area contributed by atoms with Crippen LogP contribution in [0, 0.1) is 0 Å². The highest BCUT2D eigenvalue weighted by atomic mass is 19.1. The number of hydrogen-bond donors (Lipinski definition) is 2. The zero-order chi connectivity index (χ0) is 8.27. The van der Waals surface area contributed by atoms with Gasteiger partial charge in [0.15, 0.2) is 0 Å². The predicted molar refractivity (Wildman–Crippen MR) is 38.2 cm³/mol. The fourth-order valence-corrected chi connectivity index (χ4v) is 1.22. The van der Waals surface area contributed by atoms with Crippen LogP contribution in [0.4, 0.5) is 4.39 Å². The summed E-state index contributed by atoms with van der Waals surface area (Å²) in [6.45, 7) is 0.470. The van der Waals surface area contributed by atoms with Crippen LogP contribution < -0.4 is 5.32 Å². The molecule has 2 unspecified atom stereocenters. The molecule has 0 aromatic rings. The van der Waals surface area contributed by atoms with E-state index in [1.54, 1.807) is 0 Å². The summed E-state index contributed by atoms with van der Waals surface area (Å²) in [7, 11) is 0. The van der Waals surface area contributed by atoms with E-state index in [0.29, 0.717) is 25.8 Å². The average molecular weight is 161 g/mol. The van der Waals surface area contributed by atoms with Crippen LogP contribution in [0.3, 0.4) is 0 Å². The zero-order valence-corrected chi connectivity index (χ0v) is 6.22. The normalized spacial score (nSPS) is 32.8. The van der Waals surface area contributed by atoms with E-state index in [0.717, 1.165) is 0 Å². The Labute approximate surface area is 64.6 Å². The molecule has 2 atom stereocenters. The molecule has 0 spiro atoms. The highest BCUT2D eigenvalue weighted by Crippen LogP contribution is 2.12. The number of rotatable bonds is 1. The smallest absolute Gasteiger partial charge is 0.320 e. The van der Waals surface area contributed by atoms with Crippen LogP contribution in [0.25, 0.3) is 0 Å². The average Bonchev–Trinajstić information content (AvgIpc) is 2.13. The van der Waals surface area contributed by atoms with Gasteiger partial charge in [0.2, 0.25) is 0 Å². The largest absolute Gasteiger partial charge is 0.480 e. The second-order valence-corrected chi connectivity index (χ2v) is 2.81. The molecule has 2 N–H and O–H groups in total. The number of carboxylic acids is 1. The van der Waals surface area contributed by atoms with Crippen molar-refractivity contribution in [3.8, 4) is 0 Å². The van der Waals surface area contributed by atoms with Crippen molar-refractivity contribution in [2.24, 2.45) is 0 Å². The molecule has 1 saturated heterocycles. The molecular weight excluding hydrogens is 149 g/mol. The van der Waals surface area contributed by atoms with Gasteiger partial charge >= 0.3 is 5.97 Å². The quantitative estimate of drug-likeness (QED) is 0.590. The van der Waals surface area contributed by atoms with Crippen molar-refractivity contribution in [2.45, 2.75) is 31.5 Å². The maximum Gasteiger partial charge on any atom is 0.320 e. The Morgan fingerprint density at radius 3 is 2.82 bits per heavy atom. The van der Waals surface area contributed by atoms with Crippen molar-refractivity contribution < 1.29 is 14.3 Å². The Hall–Kier alpha value is -0.640. The molecule has 1 fully saturated rings. The van der Waals surface area contributed by atoms with Gasteiger partial charge in [0.1, 0.15) is 12.2 Å². The summed E-state index contributed by atoms with van der Waals surface area (Å²) < 4.78 is 12.6. The summed E-state index contributed by atoms with van der Waals surface area (Å²) in [5.41, 5.74) is 0. The zero-order valence-electron chi connectivity index (χ0n) is 6.22. The topological polar surface area (TPSA) is 49.3 Å². The first-order chi connectivity index (χ1) is 5.20. The molecule has 3 nitrogen and oxygen atoms in total. The van der Waals surface area contributed by atoms with Crippen LogP contribution in [-0.4, -0.2) is 29.8 Å². The first-order valence-electron chi connectivity index (χ1n) is 3.80. The molecule has 0 amide bonds. The van der Waals surface area contributed by atoms with E-state index in [1.807, 2.05) is 0 Å². The molecule has 0 saturated carbocycles. The Balaban J connectivity index is 2.40. The Bertz CT molecular complexity index is 151. The molecule has 1 rings (SSSR count). The van der Waals surface area contributed by atoms with Gasteiger partial charge in [-0.3, -0.25) is 4.79 Å². The number of carboxylic acid groups (broad SMARTS) is 1. The molecule has 1 heterocycles. The highest BCUT2D eigenvalue weighted by Gasteiger charge is 2.22. The van der Waals surface area contributed by atoms with E-state index in [4.69, 9.17) is 5.11 Å². The highest BCUT2D eigenvalue weighted by molar-refractivity contribution is 5.73. The SMILES string of the molecule is O=C(O)C1CCC(F)CCN1. The lowest BCUT2D eigenvalue weighted by molar-refractivity contribution is -0.139. The molecule has 0 aromatic carbocycles. The Morgan fingerprint density at radius 1 is 1.45 bits per heavy atom. The van der Waals surface area contributed by atoms with Crippen molar-refractivity contribution in [2.75, 3.05) is 6.54 Å². The van der Waals surface area contributed by atoms with Crippen LogP contribution >= 0.6 is 0 Å². The van der Waals surface area contributed by atoms with Gasteiger partial charge in [-0.05, 0) is 25.8 Å². The molecule has 1 aliphatic rings. The van der Waals surface area contributed by atoms with Crippen molar-refractivity contribution in [1.29, 1.82) is 0 Å². The van der Waals surface area contributed by atoms with E-state index in [2.05, 4.69) is 5.32 Å². The molecule has 0 aliphatic carbocycles. The third-order valence-electron chi connectivity index (χ3n) is 1.91. The van der Waals surface area contributed by atoms with E-state index in [1.165, 1.54) is 0 Å². The maximum atomic E-state index is 12.6. The molecule has 4 heteroatoms. The van der Waals surface area contributed by atoms with Gasteiger partial charge in [0.05, 0.1) is 0 Å². The van der Waals surface area contributed by atoms with Gasteiger partial charge in [-0.1, -0.05) is 0 Å². The van der Waals surface area contributed by atoms with Crippen LogP contribution in [0.2, 0.25) is 0 Å². The lowest BCUT2D eigenvalue weighted by Crippen LogP contribution is -2.35. The minimum atomic E-state index is -0.876. The van der Waals surface area contributed by atoms with Crippen molar-refractivity contribution >= 4 is 5.97 Å². The minimum Gasteiger partial charge on any atom is -0.480 e. The third kappa shape index (κ3) is 2.46. The number of aliphatic carboxylic acids is 1. The van der Waals surface area contributed by atoms with Gasteiger partial charge in [0.25, 0.3) is 0 Å². The number of alkyl halides is 1. The Kier molecular flexibility index (Phi) is 2.82. The fourth-order valence-electron chi connectivity index (χ4n) is 1.22. The molecule has 1 aliphatic heterocycles. The molecular formula is C7H12FNO2. The van der Waals surface area contributed by atoms with Gasteiger partial charge < -0.3 is 10.4 Å². The number of nitrogens with one attached hydrogen (secondary N) is 1. The van der Waals surface area contributed by atoms with E-state index >= 15 is 0 Å². The lowest BCUT2D eigenvalue weighted by atomic mass is 10.1. The van der Waals surface area contributed by atoms with Crippen LogP contribution in [0.15, 0.2) is 0 Å². The first-order valence-corrected chi connectivity index (χ1v) is 3.80. The first kappa shape index (κ1) is 8.46. The van der Waals surface area contributed by atoms with Gasteiger partial charge in [0, 0.05) is 0 Å². The lowest BCUT2D eigenvalue weighted by Gasteiger charge is -2.08. The molecule has 0 radical (unpaired) electrons. The summed E-state index contributed by atoms with van der Waals surface area (Å²) in [6.07, 6.45) is 0.372. The van der Waals surface area contributed by atoms with Gasteiger partial charge in [-0.2, -0.15) is 0 Å². The van der Waals surface area contributed by atoms with Crippen molar-refractivity contribution in [3.05, 3.63) is 0 Å². The minimum absolute atomic E-state index is 0.365. The van der Waals surface area contributed by atoms with Crippen molar-refractivity contribution in [3.63, 3.8) is 0 Å². The van der Waals surface area contributed by atoms with E-state index in [-0.39, 0.29) is 0 Å². The predicted octanol–water partition coefficient (Wildman–Crippen LogP) is 0.551. The fraction of sp³-hybridized carbons (Fsp3) is 0.857. The van der Waals surface area contributed by atoms with Gasteiger partial charge in [-0.25, -0.2) is 4.39 Å². The number of carbonyl (C=O) groups is 1. The summed E-state index contributed by atoms with van der Waals surface area (Å²) in [4.78, 5) is 10.4. The van der Waals surface area contributed by atoms with Crippen LogP contribution in [0.5, 0.6) is 0 Å². The Morgan fingerprint density at radius 2 is 2.18 bits per heavy atom. The third-order valence-corrected chi connectivity index (χ3v) is 1.91. The van der Waals surface area contributed by atoms with Crippen molar-refractivity contribution in [1.82, 2.24) is 5.32 Å². The monoisotopic (exact) mass is 161 g/mol. The van der Waals surface area contributed by atoms with Gasteiger partial charge in [-0.15, -0.1) is 0 Å². The van der Waals surface area contributed by atoms with Crippen LogP contribution in [-0.2, 0) is 4.79 Å². The molecule has 11 heavy (non-hydrogen) atoms. The molecule has 64 valence electrons. The summed E-state index contributed by atoms with van der Waals surface area (Å²) in [5.74, 6) is -0.876. The number of halogens is 1. The summed E-state index contributed by atoms with van der Waals surface area (Å²) in [6, 6.07) is -0.546. The van der Waals surface area contributed by atoms with E-state index in [9.17, 15) is 9.18 Å². The standard InChI is InChI=1S/C7H12FNO2/c8-5-1-2-6(7(10)11)9-4-3-5/h5-6,9H,1-4H2,(H,10,11). The number of hydrogen-bond acceptors (Lipinski definition) is 2. The summed E-state index contributed by atoms with van der Waals surface area (Å²) in [5, 5.41) is 11.3. The van der Waals surface area contributed by atoms with Crippen LogP contribution in [0.1, 0.15) is 19.3 Å². The van der Waals surface area contributed by atoms with E-state index < -0.39 is 18.2 Å². The maximum absolute atomic E-state index is 12.6. The molecule has 0 aromatic heterocycles. The second kappa shape index (κ2) is 3.67. The summed E-state index contributed by atoms with van der Waals surface area (Å²) >= 11 is 0.